The third kappa shape index (κ3) is 3.38. The van der Waals surface area contributed by atoms with Crippen LogP contribution in [0.4, 0.5) is 0 Å². The first-order valence-corrected chi connectivity index (χ1v) is 7.80. The first kappa shape index (κ1) is 16.0. The second-order valence-corrected chi connectivity index (χ2v) is 5.53. The number of furan rings is 1. The first-order chi connectivity index (χ1) is 11.7. The summed E-state index contributed by atoms with van der Waals surface area (Å²) in [6.45, 7) is 1.88. The Morgan fingerprint density at radius 1 is 1.29 bits per heavy atom. The SMILES string of the molecule is C[C@H](CCO)NC(=O)c1cc(-c2ccco2)nn1-c1ccccc1. The fraction of sp³-hybridized carbons (Fsp3) is 0.222. The lowest BCUT2D eigenvalue weighted by atomic mass is 10.2. The second kappa shape index (κ2) is 7.14. The highest BCUT2D eigenvalue weighted by Gasteiger charge is 2.19. The van der Waals surface area contributed by atoms with Crippen molar-refractivity contribution in [3.8, 4) is 17.1 Å². The molecule has 0 saturated heterocycles. The van der Waals surface area contributed by atoms with Crippen LogP contribution in [0.15, 0.2) is 59.2 Å². The Morgan fingerprint density at radius 2 is 2.08 bits per heavy atom. The topological polar surface area (TPSA) is 80.3 Å². The standard InChI is InChI=1S/C18H19N3O3/c1-13(9-10-22)19-18(23)16-12-15(17-8-5-11-24-17)20-21(16)14-6-3-2-4-7-14/h2-8,11-13,22H,9-10H2,1H3,(H,19,23)/t13-/m1/s1. The van der Waals surface area contributed by atoms with Gasteiger partial charge in [-0.1, -0.05) is 18.2 Å². The molecule has 0 radical (unpaired) electrons. The van der Waals surface area contributed by atoms with Crippen LogP contribution in [0.3, 0.4) is 0 Å². The highest BCUT2D eigenvalue weighted by atomic mass is 16.3. The molecule has 0 fully saturated rings. The van der Waals surface area contributed by atoms with Crippen molar-refractivity contribution in [3.63, 3.8) is 0 Å². The molecule has 6 nitrogen and oxygen atoms in total. The molecule has 2 aromatic heterocycles. The molecule has 0 unspecified atom stereocenters. The Kier molecular flexibility index (Phi) is 4.77. The maximum absolute atomic E-state index is 12.6. The van der Waals surface area contributed by atoms with E-state index < -0.39 is 0 Å². The smallest absolute Gasteiger partial charge is 0.270 e. The number of carbonyl (C=O) groups is 1. The van der Waals surface area contributed by atoms with E-state index in [4.69, 9.17) is 9.52 Å². The average Bonchev–Trinajstić information content (AvgIpc) is 3.25. The molecular formula is C18H19N3O3. The summed E-state index contributed by atoms with van der Waals surface area (Å²) < 4.78 is 6.98. The molecule has 6 heteroatoms. The fourth-order valence-corrected chi connectivity index (χ4v) is 2.42. The maximum Gasteiger partial charge on any atom is 0.270 e. The van der Waals surface area contributed by atoms with E-state index in [-0.39, 0.29) is 18.6 Å². The predicted octanol–water partition coefficient (Wildman–Crippen LogP) is 2.63. The zero-order valence-corrected chi connectivity index (χ0v) is 13.3. The fourth-order valence-electron chi connectivity index (χ4n) is 2.42. The van der Waals surface area contributed by atoms with Gasteiger partial charge in [0.05, 0.1) is 12.0 Å². The van der Waals surface area contributed by atoms with Crippen molar-refractivity contribution in [1.29, 1.82) is 0 Å². The summed E-state index contributed by atoms with van der Waals surface area (Å²) in [5, 5.41) is 16.4. The van der Waals surface area contributed by atoms with Gasteiger partial charge in [-0.05, 0) is 37.6 Å². The molecule has 0 aliphatic carbocycles. The van der Waals surface area contributed by atoms with Crippen LogP contribution in [0.25, 0.3) is 17.1 Å². The zero-order chi connectivity index (χ0) is 16.9. The molecule has 0 aliphatic rings. The number of rotatable bonds is 6. The molecule has 124 valence electrons. The molecule has 0 saturated carbocycles. The van der Waals surface area contributed by atoms with Crippen molar-refractivity contribution in [2.75, 3.05) is 6.61 Å². The van der Waals surface area contributed by atoms with Crippen molar-refractivity contribution in [2.24, 2.45) is 0 Å². The lowest BCUT2D eigenvalue weighted by molar-refractivity contribution is 0.0926. The Morgan fingerprint density at radius 3 is 2.75 bits per heavy atom. The van der Waals surface area contributed by atoms with E-state index in [0.29, 0.717) is 23.6 Å². The van der Waals surface area contributed by atoms with Crippen molar-refractivity contribution < 1.29 is 14.3 Å². The van der Waals surface area contributed by atoms with E-state index >= 15 is 0 Å². The minimum atomic E-state index is -0.245. The van der Waals surface area contributed by atoms with Crippen molar-refractivity contribution in [1.82, 2.24) is 15.1 Å². The Hall–Kier alpha value is -2.86. The van der Waals surface area contributed by atoms with Crippen LogP contribution >= 0.6 is 0 Å². The summed E-state index contributed by atoms with van der Waals surface area (Å²) >= 11 is 0. The molecule has 0 bridgehead atoms. The largest absolute Gasteiger partial charge is 0.463 e. The van der Waals surface area contributed by atoms with Crippen LogP contribution in [-0.4, -0.2) is 33.4 Å². The Bertz CT molecular complexity index is 794. The van der Waals surface area contributed by atoms with Gasteiger partial charge < -0.3 is 14.8 Å². The van der Waals surface area contributed by atoms with Gasteiger partial charge in [-0.3, -0.25) is 4.79 Å². The second-order valence-electron chi connectivity index (χ2n) is 5.53. The molecule has 2 N–H and O–H groups in total. The van der Waals surface area contributed by atoms with Gasteiger partial charge >= 0.3 is 0 Å². The van der Waals surface area contributed by atoms with Crippen LogP contribution in [0.2, 0.25) is 0 Å². The van der Waals surface area contributed by atoms with Crippen LogP contribution in [0.1, 0.15) is 23.8 Å². The van der Waals surface area contributed by atoms with Gasteiger partial charge in [0.1, 0.15) is 11.4 Å². The Balaban J connectivity index is 1.98. The van der Waals surface area contributed by atoms with Gasteiger partial charge in [-0.15, -0.1) is 0 Å². The van der Waals surface area contributed by atoms with E-state index in [2.05, 4.69) is 10.4 Å². The molecule has 24 heavy (non-hydrogen) atoms. The highest BCUT2D eigenvalue weighted by Crippen LogP contribution is 2.22. The summed E-state index contributed by atoms with van der Waals surface area (Å²) in [6.07, 6.45) is 2.07. The quantitative estimate of drug-likeness (QED) is 0.730. The first-order valence-electron chi connectivity index (χ1n) is 7.80. The third-order valence-electron chi connectivity index (χ3n) is 3.66. The van der Waals surface area contributed by atoms with Gasteiger partial charge in [-0.25, -0.2) is 4.68 Å². The van der Waals surface area contributed by atoms with Crippen LogP contribution in [0.5, 0.6) is 0 Å². The molecule has 0 aliphatic heterocycles. The predicted molar refractivity (Wildman–Crippen MR) is 89.9 cm³/mol. The molecule has 2 heterocycles. The molecular weight excluding hydrogens is 306 g/mol. The number of nitrogens with zero attached hydrogens (tertiary/aromatic N) is 2. The number of hydrogen-bond donors (Lipinski definition) is 2. The molecule has 1 aromatic carbocycles. The monoisotopic (exact) mass is 325 g/mol. The van der Waals surface area contributed by atoms with E-state index in [9.17, 15) is 4.79 Å². The maximum atomic E-state index is 12.6. The van der Waals surface area contributed by atoms with E-state index in [1.165, 1.54) is 0 Å². The van der Waals surface area contributed by atoms with Gasteiger partial charge in [0.15, 0.2) is 5.76 Å². The summed E-state index contributed by atoms with van der Waals surface area (Å²) in [5.74, 6) is 0.354. The number of para-hydroxylation sites is 1. The summed E-state index contributed by atoms with van der Waals surface area (Å²) in [6, 6.07) is 14.6. The number of aromatic nitrogens is 2. The minimum Gasteiger partial charge on any atom is -0.463 e. The van der Waals surface area contributed by atoms with Crippen molar-refractivity contribution >= 4 is 5.91 Å². The van der Waals surface area contributed by atoms with Crippen LogP contribution < -0.4 is 5.32 Å². The lowest BCUT2D eigenvalue weighted by Gasteiger charge is -2.13. The summed E-state index contributed by atoms with van der Waals surface area (Å²) in [7, 11) is 0. The van der Waals surface area contributed by atoms with Gasteiger partial charge in [0.2, 0.25) is 0 Å². The van der Waals surface area contributed by atoms with Crippen molar-refractivity contribution in [3.05, 3.63) is 60.5 Å². The van der Waals surface area contributed by atoms with E-state index in [0.717, 1.165) is 5.69 Å². The number of carbonyl (C=O) groups excluding carboxylic acids is 1. The normalized spacial score (nSPS) is 12.1. The summed E-state index contributed by atoms with van der Waals surface area (Å²) in [4.78, 5) is 12.6. The van der Waals surface area contributed by atoms with Gasteiger partial charge in [-0.2, -0.15) is 5.10 Å². The van der Waals surface area contributed by atoms with Gasteiger partial charge in [0.25, 0.3) is 5.91 Å². The lowest BCUT2D eigenvalue weighted by Crippen LogP contribution is -2.34. The number of aliphatic hydroxyl groups is 1. The summed E-state index contributed by atoms with van der Waals surface area (Å²) in [5.41, 5.74) is 1.79. The number of aliphatic hydroxyl groups excluding tert-OH is 1. The zero-order valence-electron chi connectivity index (χ0n) is 13.3. The van der Waals surface area contributed by atoms with E-state index in [1.807, 2.05) is 37.3 Å². The highest BCUT2D eigenvalue weighted by molar-refractivity contribution is 5.94. The number of nitrogens with one attached hydrogen (secondary N) is 1. The molecule has 3 aromatic rings. The average molecular weight is 325 g/mol. The number of amides is 1. The van der Waals surface area contributed by atoms with Gasteiger partial charge in [0, 0.05) is 18.7 Å². The minimum absolute atomic E-state index is 0.0248. The number of hydrogen-bond acceptors (Lipinski definition) is 4. The number of benzene rings is 1. The Labute approximate surface area is 139 Å². The van der Waals surface area contributed by atoms with Crippen molar-refractivity contribution in [2.45, 2.75) is 19.4 Å². The van der Waals surface area contributed by atoms with E-state index in [1.54, 1.807) is 29.1 Å². The molecule has 1 atom stereocenters. The van der Waals surface area contributed by atoms with Crippen LogP contribution in [0, 0.1) is 0 Å². The molecule has 3 rings (SSSR count). The third-order valence-corrected chi connectivity index (χ3v) is 3.66. The molecule has 0 spiro atoms. The van der Waals surface area contributed by atoms with Crippen LogP contribution in [-0.2, 0) is 0 Å². The molecule has 1 amide bonds.